The quantitative estimate of drug-likeness (QED) is 0.619. The summed E-state index contributed by atoms with van der Waals surface area (Å²) >= 11 is 5.06. The molecule has 128 valence electrons. The van der Waals surface area contributed by atoms with Crippen LogP contribution in [0.1, 0.15) is 42.1 Å². The first-order valence-corrected chi connectivity index (χ1v) is 8.17. The average Bonchev–Trinajstić information content (AvgIpc) is 2.57. The molecule has 0 saturated carbocycles. The van der Waals surface area contributed by atoms with Gasteiger partial charge < -0.3 is 5.73 Å². The molecule has 0 saturated heterocycles. The molecule has 6 heteroatoms. The Morgan fingerprint density at radius 3 is 2.46 bits per heavy atom. The lowest BCUT2D eigenvalue weighted by Gasteiger charge is -2.21. The number of hydrogen-bond acceptors (Lipinski definition) is 3. The fraction of sp³-hybridized carbons (Fsp3) is 0.278. The Hall–Kier alpha value is -1.98. The third kappa shape index (κ3) is 5.28. The number of unbranched alkanes of at least 4 members (excludes halogenated alkanes) is 2. The van der Waals surface area contributed by atoms with Crippen LogP contribution in [0.15, 0.2) is 48.8 Å². The predicted molar refractivity (Wildman–Crippen MR) is 105 cm³/mol. The van der Waals surface area contributed by atoms with Crippen LogP contribution in [0.4, 0.5) is 5.69 Å². The predicted octanol–water partition coefficient (Wildman–Crippen LogP) is 4.13. The van der Waals surface area contributed by atoms with E-state index in [1.807, 2.05) is 24.3 Å². The molecule has 2 rings (SSSR count). The lowest BCUT2D eigenvalue weighted by Crippen LogP contribution is -2.40. The van der Waals surface area contributed by atoms with E-state index >= 15 is 0 Å². The van der Waals surface area contributed by atoms with Gasteiger partial charge in [0, 0.05) is 12.4 Å². The first-order valence-electron chi connectivity index (χ1n) is 7.76. The number of pyridine rings is 1. The fourth-order valence-corrected chi connectivity index (χ4v) is 2.54. The molecular weight excluding hydrogens is 342 g/mol. The van der Waals surface area contributed by atoms with Crippen molar-refractivity contribution in [3.63, 3.8) is 0 Å². The van der Waals surface area contributed by atoms with E-state index in [2.05, 4.69) is 11.9 Å². The molecule has 0 bridgehead atoms. The average molecular weight is 364 g/mol. The second kappa shape index (κ2) is 10.0. The molecule has 1 aromatic carbocycles. The molecule has 0 aliphatic carbocycles. The number of halogens is 1. The Bertz CT molecular complexity index is 662. The zero-order valence-electron chi connectivity index (χ0n) is 13.6. The highest BCUT2D eigenvalue weighted by molar-refractivity contribution is 7.80. The molecule has 1 heterocycles. The number of nitrogens with zero attached hydrogens (tertiary/aromatic N) is 2. The zero-order valence-corrected chi connectivity index (χ0v) is 15.3. The summed E-state index contributed by atoms with van der Waals surface area (Å²) in [5, 5.41) is 0.0255. The third-order valence-electron chi connectivity index (χ3n) is 3.60. The number of carbonyl (C=O) groups excluding carboxylic acids is 1. The largest absolute Gasteiger partial charge is 0.376 e. The SMILES string of the molecule is CCCCCc1ccc(N(C(=O)c2cccnc2)C(N)=S)cc1.Cl. The minimum atomic E-state index is -0.274. The van der Waals surface area contributed by atoms with Crippen LogP contribution < -0.4 is 10.6 Å². The Balaban J connectivity index is 0.00000288. The van der Waals surface area contributed by atoms with Crippen LogP contribution in [0, 0.1) is 0 Å². The maximum Gasteiger partial charge on any atom is 0.266 e. The van der Waals surface area contributed by atoms with Crippen LogP contribution in [0.25, 0.3) is 0 Å². The standard InChI is InChI=1S/C18H21N3OS.ClH/c1-2-3-4-6-14-8-10-16(11-9-14)21(18(19)23)17(22)15-7-5-12-20-13-15;/h5,7-13H,2-4,6H2,1H3,(H2,19,23);1H. The molecule has 0 fully saturated rings. The summed E-state index contributed by atoms with van der Waals surface area (Å²) in [7, 11) is 0. The number of aryl methyl sites for hydroxylation is 1. The van der Waals surface area contributed by atoms with E-state index in [4.69, 9.17) is 18.0 Å². The minimum absolute atomic E-state index is 0. The second-order valence-electron chi connectivity index (χ2n) is 5.34. The highest BCUT2D eigenvalue weighted by Crippen LogP contribution is 2.19. The van der Waals surface area contributed by atoms with Gasteiger partial charge >= 0.3 is 0 Å². The number of aromatic nitrogens is 1. The van der Waals surface area contributed by atoms with Crippen LogP contribution >= 0.6 is 24.6 Å². The Morgan fingerprint density at radius 1 is 1.21 bits per heavy atom. The summed E-state index contributed by atoms with van der Waals surface area (Å²) in [6.45, 7) is 2.19. The number of amides is 1. The highest BCUT2D eigenvalue weighted by atomic mass is 35.5. The number of anilines is 1. The summed E-state index contributed by atoms with van der Waals surface area (Å²) in [5.41, 5.74) is 8.13. The first-order chi connectivity index (χ1) is 11.1. The molecule has 2 N–H and O–H groups in total. The van der Waals surface area contributed by atoms with E-state index in [0.29, 0.717) is 11.3 Å². The van der Waals surface area contributed by atoms with Crippen molar-refractivity contribution in [1.82, 2.24) is 4.98 Å². The van der Waals surface area contributed by atoms with Gasteiger partial charge in [-0.25, -0.2) is 0 Å². The van der Waals surface area contributed by atoms with Crippen LogP contribution in [-0.2, 0) is 6.42 Å². The monoisotopic (exact) mass is 363 g/mol. The molecule has 0 radical (unpaired) electrons. The minimum Gasteiger partial charge on any atom is -0.376 e. The molecule has 24 heavy (non-hydrogen) atoms. The van der Waals surface area contributed by atoms with Crippen LogP contribution in [-0.4, -0.2) is 16.0 Å². The number of benzene rings is 1. The summed E-state index contributed by atoms with van der Waals surface area (Å²) < 4.78 is 0. The van der Waals surface area contributed by atoms with E-state index < -0.39 is 0 Å². The van der Waals surface area contributed by atoms with Gasteiger partial charge in [0.05, 0.1) is 11.3 Å². The first kappa shape index (κ1) is 20.1. The lowest BCUT2D eigenvalue weighted by molar-refractivity contribution is 0.100. The van der Waals surface area contributed by atoms with E-state index in [0.717, 1.165) is 6.42 Å². The van der Waals surface area contributed by atoms with E-state index in [-0.39, 0.29) is 23.4 Å². The van der Waals surface area contributed by atoms with Gasteiger partial charge in [-0.15, -0.1) is 12.4 Å². The van der Waals surface area contributed by atoms with Crippen LogP contribution in [0.3, 0.4) is 0 Å². The van der Waals surface area contributed by atoms with Gasteiger partial charge in [-0.3, -0.25) is 14.7 Å². The summed E-state index contributed by atoms with van der Waals surface area (Å²) in [6, 6.07) is 11.2. The number of nitrogens with two attached hydrogens (primary N) is 1. The van der Waals surface area contributed by atoms with Crippen molar-refractivity contribution in [2.75, 3.05) is 4.90 Å². The van der Waals surface area contributed by atoms with E-state index in [1.165, 1.54) is 35.9 Å². The van der Waals surface area contributed by atoms with Gasteiger partial charge in [-0.1, -0.05) is 31.9 Å². The molecule has 0 atom stereocenters. The zero-order chi connectivity index (χ0) is 16.7. The molecule has 0 spiro atoms. The molecule has 2 aromatic rings. The molecular formula is C18H22ClN3OS. The molecule has 0 unspecified atom stereocenters. The number of carbonyl (C=O) groups is 1. The Morgan fingerprint density at radius 2 is 1.92 bits per heavy atom. The third-order valence-corrected chi connectivity index (χ3v) is 3.78. The number of thiocarbonyl (C=S) groups is 1. The maximum absolute atomic E-state index is 12.6. The van der Waals surface area contributed by atoms with Gasteiger partial charge in [-0.2, -0.15) is 0 Å². The molecule has 1 amide bonds. The van der Waals surface area contributed by atoms with Gasteiger partial charge in [-0.05, 0) is 54.9 Å². The van der Waals surface area contributed by atoms with Crippen LogP contribution in [0.2, 0.25) is 0 Å². The Kier molecular flexibility index (Phi) is 8.36. The summed E-state index contributed by atoms with van der Waals surface area (Å²) in [4.78, 5) is 17.9. The molecule has 1 aromatic heterocycles. The molecule has 4 nitrogen and oxygen atoms in total. The normalized spacial score (nSPS) is 9.88. The van der Waals surface area contributed by atoms with Crippen molar-refractivity contribution in [1.29, 1.82) is 0 Å². The van der Waals surface area contributed by atoms with Crippen molar-refractivity contribution < 1.29 is 4.79 Å². The molecule has 0 aliphatic heterocycles. The Labute approximate surface area is 154 Å². The lowest BCUT2D eigenvalue weighted by atomic mass is 10.1. The summed E-state index contributed by atoms with van der Waals surface area (Å²) in [5.74, 6) is -0.274. The van der Waals surface area contributed by atoms with Crippen molar-refractivity contribution in [3.05, 3.63) is 59.9 Å². The van der Waals surface area contributed by atoms with Crippen LogP contribution in [0.5, 0.6) is 0 Å². The van der Waals surface area contributed by atoms with Crippen molar-refractivity contribution >= 4 is 41.3 Å². The topological polar surface area (TPSA) is 59.2 Å². The van der Waals surface area contributed by atoms with E-state index in [9.17, 15) is 4.79 Å². The smallest absolute Gasteiger partial charge is 0.266 e. The number of rotatable bonds is 6. The second-order valence-corrected chi connectivity index (χ2v) is 5.76. The van der Waals surface area contributed by atoms with Crippen molar-refractivity contribution in [2.24, 2.45) is 5.73 Å². The molecule has 0 aliphatic rings. The van der Waals surface area contributed by atoms with Gasteiger partial charge in [0.25, 0.3) is 5.91 Å². The highest BCUT2D eigenvalue weighted by Gasteiger charge is 2.20. The maximum atomic E-state index is 12.6. The van der Waals surface area contributed by atoms with Crippen molar-refractivity contribution in [3.8, 4) is 0 Å². The summed E-state index contributed by atoms with van der Waals surface area (Å²) in [6.07, 6.45) is 7.76. The van der Waals surface area contributed by atoms with E-state index in [1.54, 1.807) is 18.3 Å². The van der Waals surface area contributed by atoms with Crippen molar-refractivity contribution in [2.45, 2.75) is 32.6 Å². The number of hydrogen-bond donors (Lipinski definition) is 1. The van der Waals surface area contributed by atoms with Gasteiger partial charge in [0.1, 0.15) is 0 Å². The van der Waals surface area contributed by atoms with Gasteiger partial charge in [0.2, 0.25) is 0 Å². The fourth-order valence-electron chi connectivity index (χ4n) is 2.35. The van der Waals surface area contributed by atoms with Gasteiger partial charge in [0.15, 0.2) is 5.11 Å².